The first-order valence-corrected chi connectivity index (χ1v) is 12.7. The maximum absolute atomic E-state index is 13.0. The Labute approximate surface area is 206 Å². The molecule has 0 aliphatic carbocycles. The van der Waals surface area contributed by atoms with E-state index in [1.165, 1.54) is 12.1 Å². The molecule has 1 atom stereocenters. The summed E-state index contributed by atoms with van der Waals surface area (Å²) in [5.41, 5.74) is 8.50. The van der Waals surface area contributed by atoms with Crippen LogP contribution in [0.25, 0.3) is 11.3 Å². The first-order chi connectivity index (χ1) is 16.7. The van der Waals surface area contributed by atoms with Gasteiger partial charge < -0.3 is 16.4 Å². The van der Waals surface area contributed by atoms with Crippen LogP contribution in [0.2, 0.25) is 5.02 Å². The van der Waals surface area contributed by atoms with E-state index in [9.17, 15) is 18.0 Å². The molecule has 2 aromatic carbocycles. The Balaban J connectivity index is 1.41. The van der Waals surface area contributed by atoms with Crippen molar-refractivity contribution in [1.82, 2.24) is 14.3 Å². The van der Waals surface area contributed by atoms with Gasteiger partial charge in [0, 0.05) is 34.6 Å². The Morgan fingerprint density at radius 2 is 1.97 bits per heavy atom. The zero-order chi connectivity index (χ0) is 24.7. The van der Waals surface area contributed by atoms with Crippen molar-refractivity contribution in [2.24, 2.45) is 5.73 Å². The lowest BCUT2D eigenvalue weighted by Gasteiger charge is -2.21. The molecule has 0 spiro atoms. The molecule has 4 N–H and O–H groups in total. The normalized spacial score (nSPS) is 17.7. The van der Waals surface area contributed by atoms with Crippen molar-refractivity contribution in [2.45, 2.75) is 30.2 Å². The zero-order valence-electron chi connectivity index (χ0n) is 18.4. The van der Waals surface area contributed by atoms with Crippen LogP contribution in [0, 0.1) is 0 Å². The van der Waals surface area contributed by atoms with Crippen LogP contribution in [0.5, 0.6) is 0 Å². The monoisotopic (exact) mass is 512 g/mol. The minimum absolute atomic E-state index is 0.0643. The second kappa shape index (κ2) is 8.91. The van der Waals surface area contributed by atoms with E-state index in [4.69, 9.17) is 17.3 Å². The highest BCUT2D eigenvalue weighted by atomic mass is 35.5. The molecule has 1 saturated heterocycles. The second-order valence-corrected chi connectivity index (χ2v) is 10.6. The molecule has 2 aliphatic heterocycles. The van der Waals surface area contributed by atoms with Gasteiger partial charge >= 0.3 is 0 Å². The van der Waals surface area contributed by atoms with Gasteiger partial charge in [-0.15, -0.1) is 0 Å². The molecule has 2 amide bonds. The van der Waals surface area contributed by atoms with Crippen LogP contribution in [0.15, 0.2) is 53.6 Å². The molecular weight excluding hydrogens is 492 g/mol. The van der Waals surface area contributed by atoms with E-state index < -0.39 is 22.0 Å². The number of primary amides is 1. The number of sulfonamides is 1. The summed E-state index contributed by atoms with van der Waals surface area (Å²) in [5, 5.41) is 6.39. The number of nitrogens with one attached hydrogen (secondary N) is 2. The summed E-state index contributed by atoms with van der Waals surface area (Å²) in [6, 6.07) is 10.4. The molecule has 3 aromatic rings. The van der Waals surface area contributed by atoms with Gasteiger partial charge in [-0.25, -0.2) is 18.4 Å². The highest BCUT2D eigenvalue weighted by Crippen LogP contribution is 2.35. The highest BCUT2D eigenvalue weighted by molar-refractivity contribution is 7.89. The molecule has 0 unspecified atom stereocenters. The molecule has 1 fully saturated rings. The van der Waals surface area contributed by atoms with Gasteiger partial charge in [0.1, 0.15) is 6.04 Å². The lowest BCUT2D eigenvalue weighted by molar-refractivity contribution is -0.121. The van der Waals surface area contributed by atoms with Gasteiger partial charge in [-0.2, -0.15) is 4.31 Å². The Morgan fingerprint density at radius 1 is 1.20 bits per heavy atom. The van der Waals surface area contributed by atoms with Crippen LogP contribution in [0.1, 0.15) is 18.4 Å². The molecule has 0 bridgehead atoms. The van der Waals surface area contributed by atoms with E-state index in [0.717, 1.165) is 9.87 Å². The van der Waals surface area contributed by atoms with E-state index in [2.05, 4.69) is 20.6 Å². The van der Waals surface area contributed by atoms with Crippen LogP contribution in [-0.4, -0.2) is 47.1 Å². The number of hydrogen-bond donors (Lipinski definition) is 3. The minimum atomic E-state index is -3.86. The molecule has 180 valence electrons. The summed E-state index contributed by atoms with van der Waals surface area (Å²) in [5.74, 6) is -0.557. The molecule has 10 nitrogen and oxygen atoms in total. The first-order valence-electron chi connectivity index (χ1n) is 10.9. The minimum Gasteiger partial charge on any atom is -0.368 e. The van der Waals surface area contributed by atoms with E-state index in [0.29, 0.717) is 40.5 Å². The SMILES string of the molecule is NC(=O)[C@@H]1CCCN1S(=O)(=O)c1ccc(Nc2ncc3c(n2)-c2ccc(Cl)cc2NC(=O)C3)cc1. The third-order valence-corrected chi connectivity index (χ3v) is 8.13. The molecule has 12 heteroatoms. The number of rotatable bonds is 5. The van der Waals surface area contributed by atoms with Gasteiger partial charge in [-0.05, 0) is 55.3 Å². The summed E-state index contributed by atoms with van der Waals surface area (Å²) in [6.07, 6.45) is 2.71. The van der Waals surface area contributed by atoms with Gasteiger partial charge in [0.15, 0.2) is 0 Å². The van der Waals surface area contributed by atoms with Crippen LogP contribution in [0.3, 0.4) is 0 Å². The van der Waals surface area contributed by atoms with Crippen molar-refractivity contribution < 1.29 is 18.0 Å². The van der Waals surface area contributed by atoms with E-state index >= 15 is 0 Å². The van der Waals surface area contributed by atoms with Gasteiger partial charge in [0.2, 0.25) is 27.8 Å². The average molecular weight is 513 g/mol. The number of anilines is 3. The maximum atomic E-state index is 13.0. The van der Waals surface area contributed by atoms with Crippen molar-refractivity contribution in [2.75, 3.05) is 17.2 Å². The fourth-order valence-corrected chi connectivity index (χ4v) is 6.15. The number of aromatic nitrogens is 2. The third-order valence-electron chi connectivity index (χ3n) is 5.98. The number of halogens is 1. The Morgan fingerprint density at radius 3 is 2.71 bits per heavy atom. The lowest BCUT2D eigenvalue weighted by Crippen LogP contribution is -2.43. The quantitative estimate of drug-likeness (QED) is 0.476. The summed E-state index contributed by atoms with van der Waals surface area (Å²) in [4.78, 5) is 32.9. The Hall–Kier alpha value is -3.54. The lowest BCUT2D eigenvalue weighted by atomic mass is 10.1. The standard InChI is InChI=1S/C23H21ClN6O4S/c24-14-3-8-17-18(11-14)28-20(31)10-13-12-26-23(29-21(13)17)27-15-4-6-16(7-5-15)35(33,34)30-9-1-2-19(30)22(25)32/h3-8,11-12,19H,1-2,9-10H2,(H2,25,32)(H,28,31)(H,26,27,29)/t19-/m0/s1. The van der Waals surface area contributed by atoms with Crippen LogP contribution in [0.4, 0.5) is 17.3 Å². The second-order valence-electron chi connectivity index (χ2n) is 8.31. The topological polar surface area (TPSA) is 147 Å². The smallest absolute Gasteiger partial charge is 0.243 e. The van der Waals surface area contributed by atoms with E-state index in [1.807, 2.05) is 0 Å². The Kier molecular flexibility index (Phi) is 5.91. The molecule has 1 aromatic heterocycles. The largest absolute Gasteiger partial charge is 0.368 e. The molecule has 5 rings (SSSR count). The fourth-order valence-electron chi connectivity index (χ4n) is 4.31. The van der Waals surface area contributed by atoms with Crippen molar-refractivity contribution in [3.8, 4) is 11.3 Å². The van der Waals surface area contributed by atoms with E-state index in [1.54, 1.807) is 36.5 Å². The number of benzene rings is 2. The molecule has 0 radical (unpaired) electrons. The number of carbonyl (C=O) groups excluding carboxylic acids is 2. The molecule has 3 heterocycles. The number of nitrogens with zero attached hydrogens (tertiary/aromatic N) is 3. The van der Waals surface area contributed by atoms with Gasteiger partial charge in [0.25, 0.3) is 0 Å². The summed E-state index contributed by atoms with van der Waals surface area (Å²) >= 11 is 6.09. The van der Waals surface area contributed by atoms with Crippen molar-refractivity contribution in [3.05, 3.63) is 59.2 Å². The number of nitrogens with two attached hydrogens (primary N) is 1. The maximum Gasteiger partial charge on any atom is 0.243 e. The third kappa shape index (κ3) is 4.45. The predicted octanol–water partition coefficient (Wildman–Crippen LogP) is 2.67. The number of fused-ring (bicyclic) bond motifs is 3. The summed E-state index contributed by atoms with van der Waals surface area (Å²) in [6.45, 7) is 0.253. The summed E-state index contributed by atoms with van der Waals surface area (Å²) in [7, 11) is -3.86. The fraction of sp³-hybridized carbons (Fsp3) is 0.217. The molecule has 2 aliphatic rings. The van der Waals surface area contributed by atoms with Crippen molar-refractivity contribution in [1.29, 1.82) is 0 Å². The van der Waals surface area contributed by atoms with Gasteiger partial charge in [-0.3, -0.25) is 9.59 Å². The Bertz CT molecular complexity index is 1440. The van der Waals surface area contributed by atoms with Crippen molar-refractivity contribution in [3.63, 3.8) is 0 Å². The van der Waals surface area contributed by atoms with Gasteiger partial charge in [-0.1, -0.05) is 11.6 Å². The number of carbonyl (C=O) groups is 2. The van der Waals surface area contributed by atoms with Gasteiger partial charge in [0.05, 0.1) is 22.7 Å². The van der Waals surface area contributed by atoms with Crippen LogP contribution < -0.4 is 16.4 Å². The highest BCUT2D eigenvalue weighted by Gasteiger charge is 2.38. The predicted molar refractivity (Wildman–Crippen MR) is 131 cm³/mol. The van der Waals surface area contributed by atoms with Crippen LogP contribution >= 0.6 is 11.6 Å². The molecular formula is C23H21ClN6O4S. The average Bonchev–Trinajstić information content (AvgIpc) is 3.28. The number of amides is 2. The molecule has 35 heavy (non-hydrogen) atoms. The van der Waals surface area contributed by atoms with E-state index in [-0.39, 0.29) is 29.7 Å². The molecule has 0 saturated carbocycles. The van der Waals surface area contributed by atoms with Crippen molar-refractivity contribution >= 4 is 50.8 Å². The first kappa shape index (κ1) is 23.2. The summed E-state index contributed by atoms with van der Waals surface area (Å²) < 4.78 is 27.2. The van der Waals surface area contributed by atoms with Crippen LogP contribution in [-0.2, 0) is 26.0 Å². The zero-order valence-corrected chi connectivity index (χ0v) is 19.9. The number of hydrogen-bond acceptors (Lipinski definition) is 7.